The molecule has 0 bridgehead atoms. The highest BCUT2D eigenvalue weighted by atomic mass is 79.9. The van der Waals surface area contributed by atoms with E-state index in [4.69, 9.17) is 4.74 Å². The Balaban J connectivity index is 1.81. The molecule has 2 amide bonds. The molecule has 0 aromatic heterocycles. The Labute approximate surface area is 161 Å². The van der Waals surface area contributed by atoms with Crippen molar-refractivity contribution < 1.29 is 14.3 Å². The Morgan fingerprint density at radius 1 is 1.15 bits per heavy atom. The Hall–Kier alpha value is -2.34. The maximum absolute atomic E-state index is 13.0. The number of hydrogen-bond donors (Lipinski definition) is 0. The monoisotopic (exact) mass is 416 g/mol. The van der Waals surface area contributed by atoms with Crippen LogP contribution in [0.2, 0.25) is 0 Å². The van der Waals surface area contributed by atoms with Gasteiger partial charge in [0, 0.05) is 23.1 Å². The van der Waals surface area contributed by atoms with Crippen molar-refractivity contribution in [2.24, 2.45) is 0 Å². The number of rotatable bonds is 4. The van der Waals surface area contributed by atoms with Gasteiger partial charge < -0.3 is 14.5 Å². The van der Waals surface area contributed by atoms with Gasteiger partial charge in [-0.25, -0.2) is 0 Å². The van der Waals surface area contributed by atoms with Crippen LogP contribution in [-0.4, -0.2) is 42.5 Å². The molecule has 26 heavy (non-hydrogen) atoms. The zero-order valence-electron chi connectivity index (χ0n) is 14.8. The van der Waals surface area contributed by atoms with E-state index >= 15 is 0 Å². The van der Waals surface area contributed by atoms with Crippen LogP contribution in [0.15, 0.2) is 53.0 Å². The number of para-hydroxylation sites is 2. The second-order valence-corrected chi connectivity index (χ2v) is 6.99. The lowest BCUT2D eigenvalue weighted by Crippen LogP contribution is -2.57. The first-order valence-electron chi connectivity index (χ1n) is 8.62. The van der Waals surface area contributed by atoms with Crippen LogP contribution in [0.25, 0.3) is 0 Å². The smallest absolute Gasteiger partial charge is 0.254 e. The fourth-order valence-electron chi connectivity index (χ4n) is 3.10. The SMILES string of the molecule is CCOc1ccccc1N1CCN(C(=O)c2ccc(Br)cc2)[C@H](C)C1=O. The Kier molecular flexibility index (Phi) is 5.61. The van der Waals surface area contributed by atoms with Crippen LogP contribution >= 0.6 is 15.9 Å². The molecular formula is C20H21BrN2O3. The summed E-state index contributed by atoms with van der Waals surface area (Å²) in [5.74, 6) is 0.452. The van der Waals surface area contributed by atoms with E-state index in [-0.39, 0.29) is 11.8 Å². The third kappa shape index (κ3) is 3.60. The van der Waals surface area contributed by atoms with E-state index in [1.54, 1.807) is 28.9 Å². The minimum Gasteiger partial charge on any atom is -0.492 e. The van der Waals surface area contributed by atoms with E-state index in [0.717, 1.165) is 10.2 Å². The molecule has 2 aromatic carbocycles. The van der Waals surface area contributed by atoms with Crippen molar-refractivity contribution in [3.63, 3.8) is 0 Å². The van der Waals surface area contributed by atoms with Gasteiger partial charge in [-0.05, 0) is 50.2 Å². The summed E-state index contributed by atoms with van der Waals surface area (Å²) in [7, 11) is 0. The van der Waals surface area contributed by atoms with Gasteiger partial charge in [0.1, 0.15) is 11.8 Å². The van der Waals surface area contributed by atoms with E-state index in [1.165, 1.54) is 0 Å². The summed E-state index contributed by atoms with van der Waals surface area (Å²) in [4.78, 5) is 29.1. The number of hydrogen-bond acceptors (Lipinski definition) is 3. The molecule has 0 saturated carbocycles. The van der Waals surface area contributed by atoms with Crippen LogP contribution in [0.3, 0.4) is 0 Å². The van der Waals surface area contributed by atoms with Crippen molar-refractivity contribution in [2.75, 3.05) is 24.6 Å². The molecule has 3 rings (SSSR count). The molecule has 1 heterocycles. The van der Waals surface area contributed by atoms with Crippen molar-refractivity contribution in [3.8, 4) is 5.75 Å². The normalized spacial score (nSPS) is 17.3. The van der Waals surface area contributed by atoms with E-state index in [2.05, 4.69) is 15.9 Å². The van der Waals surface area contributed by atoms with Gasteiger partial charge in [0.2, 0.25) is 5.91 Å². The molecule has 1 atom stereocenters. The van der Waals surface area contributed by atoms with Gasteiger partial charge in [-0.2, -0.15) is 0 Å². The van der Waals surface area contributed by atoms with Gasteiger partial charge in [0.25, 0.3) is 5.91 Å². The third-order valence-corrected chi connectivity index (χ3v) is 4.99. The fraction of sp³-hybridized carbons (Fsp3) is 0.300. The van der Waals surface area contributed by atoms with Gasteiger partial charge in [0.15, 0.2) is 0 Å². The first kappa shape index (κ1) is 18.5. The zero-order chi connectivity index (χ0) is 18.7. The van der Waals surface area contributed by atoms with Crippen LogP contribution in [0, 0.1) is 0 Å². The number of halogens is 1. The lowest BCUT2D eigenvalue weighted by molar-refractivity contribution is -0.124. The minimum atomic E-state index is -0.533. The quantitative estimate of drug-likeness (QED) is 0.762. The molecule has 0 spiro atoms. The summed E-state index contributed by atoms with van der Waals surface area (Å²) < 4.78 is 6.56. The van der Waals surface area contributed by atoms with E-state index in [0.29, 0.717) is 31.0 Å². The Morgan fingerprint density at radius 3 is 2.54 bits per heavy atom. The highest BCUT2D eigenvalue weighted by Gasteiger charge is 2.36. The molecule has 0 unspecified atom stereocenters. The minimum absolute atomic E-state index is 0.103. The molecule has 1 aliphatic heterocycles. The molecule has 136 valence electrons. The molecule has 5 nitrogen and oxygen atoms in total. The van der Waals surface area contributed by atoms with Gasteiger partial charge in [0.05, 0.1) is 12.3 Å². The first-order valence-corrected chi connectivity index (χ1v) is 9.42. The maximum Gasteiger partial charge on any atom is 0.254 e. The number of carbonyl (C=O) groups is 2. The number of ether oxygens (including phenoxy) is 1. The fourth-order valence-corrected chi connectivity index (χ4v) is 3.37. The van der Waals surface area contributed by atoms with Gasteiger partial charge in [-0.3, -0.25) is 9.59 Å². The number of amides is 2. The lowest BCUT2D eigenvalue weighted by Gasteiger charge is -2.39. The summed E-state index contributed by atoms with van der Waals surface area (Å²) in [6.45, 7) is 5.13. The Morgan fingerprint density at radius 2 is 1.85 bits per heavy atom. The highest BCUT2D eigenvalue weighted by molar-refractivity contribution is 9.10. The van der Waals surface area contributed by atoms with E-state index in [1.807, 2.05) is 43.3 Å². The molecule has 2 aromatic rings. The molecule has 1 aliphatic rings. The molecule has 1 saturated heterocycles. The number of nitrogens with zero attached hydrogens (tertiary/aromatic N) is 2. The molecule has 1 fully saturated rings. The topological polar surface area (TPSA) is 49.9 Å². The standard InChI is InChI=1S/C20H21BrN2O3/c1-3-26-18-7-5-4-6-17(18)23-13-12-22(14(2)19(23)24)20(25)15-8-10-16(21)11-9-15/h4-11,14H,3,12-13H2,1-2H3/t14-/m1/s1. The maximum atomic E-state index is 13.0. The number of anilines is 1. The summed E-state index contributed by atoms with van der Waals surface area (Å²) in [6.07, 6.45) is 0. The summed E-state index contributed by atoms with van der Waals surface area (Å²) in [5.41, 5.74) is 1.33. The average Bonchev–Trinajstić information content (AvgIpc) is 2.65. The van der Waals surface area contributed by atoms with E-state index < -0.39 is 6.04 Å². The van der Waals surface area contributed by atoms with Gasteiger partial charge >= 0.3 is 0 Å². The second-order valence-electron chi connectivity index (χ2n) is 6.07. The van der Waals surface area contributed by atoms with Crippen LogP contribution in [-0.2, 0) is 4.79 Å². The molecule has 0 N–H and O–H groups in total. The van der Waals surface area contributed by atoms with Crippen LogP contribution in [0.1, 0.15) is 24.2 Å². The summed E-state index contributed by atoms with van der Waals surface area (Å²) in [6, 6.07) is 14.2. The highest BCUT2D eigenvalue weighted by Crippen LogP contribution is 2.30. The Bertz CT molecular complexity index is 807. The third-order valence-electron chi connectivity index (χ3n) is 4.46. The van der Waals surface area contributed by atoms with E-state index in [9.17, 15) is 9.59 Å². The van der Waals surface area contributed by atoms with Gasteiger partial charge in [-0.15, -0.1) is 0 Å². The molecule has 0 aliphatic carbocycles. The summed E-state index contributed by atoms with van der Waals surface area (Å²) >= 11 is 3.37. The zero-order valence-corrected chi connectivity index (χ0v) is 16.4. The molecule has 0 radical (unpaired) electrons. The molecule has 6 heteroatoms. The van der Waals surface area contributed by atoms with Gasteiger partial charge in [-0.1, -0.05) is 28.1 Å². The van der Waals surface area contributed by atoms with Crippen molar-refractivity contribution in [3.05, 3.63) is 58.6 Å². The second kappa shape index (κ2) is 7.91. The largest absolute Gasteiger partial charge is 0.492 e. The summed E-state index contributed by atoms with van der Waals surface area (Å²) in [5, 5.41) is 0. The lowest BCUT2D eigenvalue weighted by atomic mass is 10.1. The van der Waals surface area contributed by atoms with Crippen molar-refractivity contribution in [2.45, 2.75) is 19.9 Å². The van der Waals surface area contributed by atoms with Crippen molar-refractivity contribution in [1.29, 1.82) is 0 Å². The number of carbonyl (C=O) groups excluding carboxylic acids is 2. The predicted molar refractivity (Wildman–Crippen MR) is 105 cm³/mol. The van der Waals surface area contributed by atoms with Crippen LogP contribution in [0.4, 0.5) is 5.69 Å². The predicted octanol–water partition coefficient (Wildman–Crippen LogP) is 3.73. The number of piperazine rings is 1. The molecular weight excluding hydrogens is 396 g/mol. The van der Waals surface area contributed by atoms with Crippen LogP contribution < -0.4 is 9.64 Å². The first-order chi connectivity index (χ1) is 12.5. The average molecular weight is 417 g/mol. The van der Waals surface area contributed by atoms with Crippen molar-refractivity contribution >= 4 is 33.4 Å². The number of benzene rings is 2. The van der Waals surface area contributed by atoms with Crippen molar-refractivity contribution in [1.82, 2.24) is 4.90 Å². The van der Waals surface area contributed by atoms with Crippen LogP contribution in [0.5, 0.6) is 5.75 Å².